The molecule has 78 valence electrons. The molecule has 2 nitrogen and oxygen atoms in total. The van der Waals surface area contributed by atoms with Crippen molar-refractivity contribution >= 4 is 15.9 Å². The van der Waals surface area contributed by atoms with Gasteiger partial charge in [0.25, 0.3) is 0 Å². The zero-order chi connectivity index (χ0) is 10.1. The molecule has 1 aromatic heterocycles. The highest BCUT2D eigenvalue weighted by Crippen LogP contribution is 2.38. The first-order valence-corrected chi connectivity index (χ1v) is 5.96. The quantitative estimate of drug-likeness (QED) is 0.839. The summed E-state index contributed by atoms with van der Waals surface area (Å²) in [4.78, 5) is 0. The van der Waals surface area contributed by atoms with E-state index in [0.717, 1.165) is 29.0 Å². The summed E-state index contributed by atoms with van der Waals surface area (Å²) in [7, 11) is 0. The van der Waals surface area contributed by atoms with E-state index in [1.165, 1.54) is 6.42 Å². The highest BCUT2D eigenvalue weighted by molar-refractivity contribution is 9.10. The number of hydrogen-bond donors (Lipinski definition) is 1. The molecule has 1 heterocycles. The van der Waals surface area contributed by atoms with E-state index in [1.54, 1.807) is 6.26 Å². The zero-order valence-electron chi connectivity index (χ0n) is 8.37. The molecule has 0 radical (unpaired) electrons. The van der Waals surface area contributed by atoms with Gasteiger partial charge in [-0.1, -0.05) is 6.92 Å². The first-order valence-electron chi connectivity index (χ1n) is 5.17. The lowest BCUT2D eigenvalue weighted by molar-refractivity contribution is 0.275. The van der Waals surface area contributed by atoms with Crippen LogP contribution in [0.4, 0.5) is 0 Å². The largest absolute Gasteiger partial charge is 0.468 e. The summed E-state index contributed by atoms with van der Waals surface area (Å²) in [5.74, 6) is 2.18. The van der Waals surface area contributed by atoms with Crippen LogP contribution in [0, 0.1) is 5.92 Å². The Kier molecular flexibility index (Phi) is 2.98. The summed E-state index contributed by atoms with van der Waals surface area (Å²) in [6.45, 7) is 2.29. The first kappa shape index (κ1) is 10.2. The topological polar surface area (TPSA) is 39.2 Å². The van der Waals surface area contributed by atoms with Gasteiger partial charge in [0.15, 0.2) is 0 Å². The fourth-order valence-corrected chi connectivity index (χ4v) is 2.77. The monoisotopic (exact) mass is 257 g/mol. The van der Waals surface area contributed by atoms with Crippen molar-refractivity contribution in [2.75, 3.05) is 0 Å². The van der Waals surface area contributed by atoms with Crippen LogP contribution in [0.15, 0.2) is 21.2 Å². The van der Waals surface area contributed by atoms with E-state index < -0.39 is 0 Å². The van der Waals surface area contributed by atoms with E-state index in [9.17, 15) is 0 Å². The van der Waals surface area contributed by atoms with Crippen molar-refractivity contribution in [3.05, 3.63) is 22.6 Å². The molecule has 1 saturated carbocycles. The zero-order valence-corrected chi connectivity index (χ0v) is 9.96. The van der Waals surface area contributed by atoms with E-state index in [4.69, 9.17) is 10.2 Å². The molecule has 3 unspecified atom stereocenters. The van der Waals surface area contributed by atoms with E-state index in [1.807, 2.05) is 6.07 Å². The van der Waals surface area contributed by atoms with Gasteiger partial charge in [0.1, 0.15) is 5.76 Å². The van der Waals surface area contributed by atoms with E-state index >= 15 is 0 Å². The molecule has 1 aliphatic carbocycles. The van der Waals surface area contributed by atoms with Gasteiger partial charge in [0.2, 0.25) is 0 Å². The SMILES string of the molecule is CC1CCC(N)C(c2occc2Br)C1. The van der Waals surface area contributed by atoms with Crippen molar-refractivity contribution in [1.29, 1.82) is 0 Å². The third-order valence-corrected chi connectivity index (χ3v) is 3.80. The molecule has 1 aliphatic rings. The Hall–Kier alpha value is -0.280. The predicted molar refractivity (Wildman–Crippen MR) is 60.1 cm³/mol. The van der Waals surface area contributed by atoms with Crippen LogP contribution in [0.3, 0.4) is 0 Å². The molecule has 3 atom stereocenters. The van der Waals surface area contributed by atoms with Crippen LogP contribution in [0.5, 0.6) is 0 Å². The fraction of sp³-hybridized carbons (Fsp3) is 0.636. The minimum Gasteiger partial charge on any atom is -0.468 e. The lowest BCUT2D eigenvalue weighted by Gasteiger charge is -2.31. The normalized spacial score (nSPS) is 33.2. The van der Waals surface area contributed by atoms with Crippen LogP contribution in [0.1, 0.15) is 37.9 Å². The lowest BCUT2D eigenvalue weighted by Crippen LogP contribution is -2.33. The maximum Gasteiger partial charge on any atom is 0.122 e. The summed E-state index contributed by atoms with van der Waals surface area (Å²) < 4.78 is 6.56. The third-order valence-electron chi connectivity index (χ3n) is 3.15. The number of halogens is 1. The van der Waals surface area contributed by atoms with Gasteiger partial charge in [-0.25, -0.2) is 0 Å². The maximum atomic E-state index is 6.12. The van der Waals surface area contributed by atoms with Crippen LogP contribution >= 0.6 is 15.9 Å². The van der Waals surface area contributed by atoms with Gasteiger partial charge < -0.3 is 10.2 Å². The molecule has 2 rings (SSSR count). The van der Waals surface area contributed by atoms with E-state index in [2.05, 4.69) is 22.9 Å². The fourth-order valence-electron chi connectivity index (χ4n) is 2.28. The van der Waals surface area contributed by atoms with Gasteiger partial charge in [-0.15, -0.1) is 0 Å². The molecule has 1 fully saturated rings. The molecular formula is C11H16BrNO. The van der Waals surface area contributed by atoms with Crippen molar-refractivity contribution in [3.8, 4) is 0 Å². The molecule has 1 aromatic rings. The van der Waals surface area contributed by atoms with Crippen LogP contribution in [0.25, 0.3) is 0 Å². The number of furan rings is 1. The summed E-state index contributed by atoms with van der Waals surface area (Å²) in [6.07, 6.45) is 5.23. The smallest absolute Gasteiger partial charge is 0.122 e. The average Bonchev–Trinajstić information content (AvgIpc) is 2.56. The van der Waals surface area contributed by atoms with Gasteiger partial charge in [0.05, 0.1) is 10.7 Å². The molecule has 0 aromatic carbocycles. The highest BCUT2D eigenvalue weighted by Gasteiger charge is 2.30. The second-order valence-electron chi connectivity index (χ2n) is 4.32. The third kappa shape index (κ3) is 1.89. The average molecular weight is 258 g/mol. The van der Waals surface area contributed by atoms with Gasteiger partial charge in [-0.3, -0.25) is 0 Å². The molecule has 2 N–H and O–H groups in total. The highest BCUT2D eigenvalue weighted by atomic mass is 79.9. The molecular weight excluding hydrogens is 242 g/mol. The maximum absolute atomic E-state index is 6.12. The Labute approximate surface area is 93.0 Å². The van der Waals surface area contributed by atoms with Crippen LogP contribution in [-0.2, 0) is 0 Å². The van der Waals surface area contributed by atoms with Gasteiger partial charge in [-0.05, 0) is 47.2 Å². The molecule has 0 spiro atoms. The molecule has 14 heavy (non-hydrogen) atoms. The Morgan fingerprint density at radius 2 is 2.29 bits per heavy atom. The summed E-state index contributed by atoms with van der Waals surface area (Å²) in [5.41, 5.74) is 6.12. The van der Waals surface area contributed by atoms with Crippen molar-refractivity contribution in [2.45, 2.75) is 38.1 Å². The summed E-state index contributed by atoms with van der Waals surface area (Å²) >= 11 is 3.50. The van der Waals surface area contributed by atoms with Crippen molar-refractivity contribution in [3.63, 3.8) is 0 Å². The standard InChI is InChI=1S/C11H16BrNO/c1-7-2-3-10(13)8(6-7)11-9(12)4-5-14-11/h4-5,7-8,10H,2-3,6,13H2,1H3. The van der Waals surface area contributed by atoms with Gasteiger partial charge in [-0.2, -0.15) is 0 Å². The van der Waals surface area contributed by atoms with Crippen molar-refractivity contribution < 1.29 is 4.42 Å². The Morgan fingerprint density at radius 3 is 2.93 bits per heavy atom. The molecule has 3 heteroatoms. The number of nitrogens with two attached hydrogens (primary N) is 1. The van der Waals surface area contributed by atoms with Gasteiger partial charge >= 0.3 is 0 Å². The Balaban J connectivity index is 2.20. The minimum atomic E-state index is 0.258. The van der Waals surface area contributed by atoms with Crippen LogP contribution in [-0.4, -0.2) is 6.04 Å². The molecule has 0 saturated heterocycles. The summed E-state index contributed by atoms with van der Waals surface area (Å²) in [5, 5.41) is 0. The second-order valence-corrected chi connectivity index (χ2v) is 5.18. The Bertz CT molecular complexity index is 310. The second kappa shape index (κ2) is 4.07. The predicted octanol–water partition coefficient (Wildman–Crippen LogP) is 3.27. The van der Waals surface area contributed by atoms with Crippen molar-refractivity contribution in [2.24, 2.45) is 11.7 Å². The van der Waals surface area contributed by atoms with Gasteiger partial charge in [0, 0.05) is 12.0 Å². The van der Waals surface area contributed by atoms with Crippen molar-refractivity contribution in [1.82, 2.24) is 0 Å². The molecule has 0 aliphatic heterocycles. The molecule has 0 bridgehead atoms. The number of rotatable bonds is 1. The van der Waals surface area contributed by atoms with Crippen LogP contribution < -0.4 is 5.73 Å². The minimum absolute atomic E-state index is 0.258. The molecule has 0 amide bonds. The Morgan fingerprint density at radius 1 is 1.50 bits per heavy atom. The summed E-state index contributed by atoms with van der Waals surface area (Å²) in [6, 6.07) is 2.20. The van der Waals surface area contributed by atoms with E-state index in [-0.39, 0.29) is 6.04 Å². The first-order chi connectivity index (χ1) is 6.68. The lowest BCUT2D eigenvalue weighted by atomic mass is 9.78. The van der Waals surface area contributed by atoms with E-state index in [0.29, 0.717) is 5.92 Å². The van der Waals surface area contributed by atoms with Crippen LogP contribution in [0.2, 0.25) is 0 Å². The number of hydrogen-bond acceptors (Lipinski definition) is 2.